The average Bonchev–Trinajstić information content (AvgIpc) is 2.74. The van der Waals surface area contributed by atoms with Gasteiger partial charge in [-0.2, -0.15) is 0 Å². The summed E-state index contributed by atoms with van der Waals surface area (Å²) in [6.45, 7) is 3.53. The third-order valence-corrected chi connectivity index (χ3v) is 5.14. The summed E-state index contributed by atoms with van der Waals surface area (Å²) >= 11 is 0. The van der Waals surface area contributed by atoms with E-state index < -0.39 is 5.91 Å². The summed E-state index contributed by atoms with van der Waals surface area (Å²) in [5.74, 6) is -0.391. The molecule has 0 aliphatic carbocycles. The second-order valence-corrected chi connectivity index (χ2v) is 7.49. The lowest BCUT2D eigenvalue weighted by Crippen LogP contribution is -2.43. The first kappa shape index (κ1) is 19.8. The topological polar surface area (TPSA) is 123 Å². The minimum absolute atomic E-state index is 0.117. The van der Waals surface area contributed by atoms with Gasteiger partial charge in [0.05, 0.1) is 34.6 Å². The molecule has 1 aliphatic rings. The normalized spacial score (nSPS) is 16.3. The van der Waals surface area contributed by atoms with Crippen LogP contribution in [-0.4, -0.2) is 40.0 Å². The van der Waals surface area contributed by atoms with Crippen molar-refractivity contribution in [1.82, 2.24) is 15.0 Å². The van der Waals surface area contributed by atoms with Gasteiger partial charge in [0, 0.05) is 31.0 Å². The van der Waals surface area contributed by atoms with Crippen molar-refractivity contribution in [2.24, 2.45) is 5.73 Å². The lowest BCUT2D eigenvalue weighted by atomic mass is 10.1. The Kier molecular flexibility index (Phi) is 5.58. The first-order valence-electron chi connectivity index (χ1n) is 9.97. The van der Waals surface area contributed by atoms with Crippen LogP contribution < -0.4 is 21.7 Å². The van der Waals surface area contributed by atoms with Gasteiger partial charge in [-0.1, -0.05) is 6.07 Å². The number of aromatic nitrogens is 3. The molecular weight excluding hydrogens is 378 g/mol. The summed E-state index contributed by atoms with van der Waals surface area (Å²) in [6, 6.07) is 11.1. The quantitative estimate of drug-likeness (QED) is 0.612. The molecule has 30 heavy (non-hydrogen) atoms. The van der Waals surface area contributed by atoms with Crippen LogP contribution in [-0.2, 0) is 0 Å². The first-order valence-corrected chi connectivity index (χ1v) is 9.97. The monoisotopic (exact) mass is 403 g/mol. The zero-order valence-electron chi connectivity index (χ0n) is 16.9. The smallest absolute Gasteiger partial charge is 0.276 e. The fourth-order valence-electron chi connectivity index (χ4n) is 3.65. The predicted molar refractivity (Wildman–Crippen MR) is 118 cm³/mol. The van der Waals surface area contributed by atoms with Crippen LogP contribution in [0, 0.1) is 6.92 Å². The van der Waals surface area contributed by atoms with E-state index in [0.717, 1.165) is 37.3 Å². The molecule has 3 aromatic rings. The maximum atomic E-state index is 13.0. The number of hydrogen-bond donors (Lipinski definition) is 3. The van der Waals surface area contributed by atoms with Crippen LogP contribution in [0.5, 0.6) is 0 Å². The van der Waals surface area contributed by atoms with Gasteiger partial charge < -0.3 is 21.7 Å². The summed E-state index contributed by atoms with van der Waals surface area (Å²) in [6.07, 6.45) is 5.36. The highest BCUT2D eigenvalue weighted by atomic mass is 16.1. The molecule has 1 unspecified atom stereocenters. The Morgan fingerprint density at radius 3 is 2.80 bits per heavy atom. The fourth-order valence-corrected chi connectivity index (χ4v) is 3.65. The maximum Gasteiger partial charge on any atom is 0.276 e. The predicted octanol–water partition coefficient (Wildman–Crippen LogP) is 2.61. The molecule has 154 valence electrons. The van der Waals surface area contributed by atoms with E-state index in [9.17, 15) is 4.79 Å². The number of rotatable bonds is 4. The van der Waals surface area contributed by atoms with E-state index in [2.05, 4.69) is 25.2 Å². The number of nitrogens with two attached hydrogens (primary N) is 2. The van der Waals surface area contributed by atoms with Crippen molar-refractivity contribution in [3.63, 3.8) is 0 Å². The van der Waals surface area contributed by atoms with Crippen LogP contribution >= 0.6 is 0 Å². The van der Waals surface area contributed by atoms with Crippen molar-refractivity contribution in [2.75, 3.05) is 29.0 Å². The van der Waals surface area contributed by atoms with Crippen LogP contribution in [0.2, 0.25) is 0 Å². The van der Waals surface area contributed by atoms with Crippen LogP contribution in [0.1, 0.15) is 29.0 Å². The second kappa shape index (κ2) is 8.46. The Hall–Kier alpha value is -3.52. The molecule has 0 radical (unpaired) electrons. The van der Waals surface area contributed by atoms with Crippen molar-refractivity contribution in [3.05, 3.63) is 60.2 Å². The largest absolute Gasteiger partial charge is 0.397 e. The number of carbonyl (C=O) groups is 1. The van der Waals surface area contributed by atoms with Gasteiger partial charge in [0.25, 0.3) is 5.91 Å². The van der Waals surface area contributed by atoms with Crippen molar-refractivity contribution < 1.29 is 4.79 Å². The number of nitrogens with one attached hydrogen (secondary N) is 1. The van der Waals surface area contributed by atoms with Crippen LogP contribution in [0.3, 0.4) is 0 Å². The molecule has 1 fully saturated rings. The lowest BCUT2D eigenvalue weighted by Gasteiger charge is -2.33. The molecule has 4 heterocycles. The van der Waals surface area contributed by atoms with Gasteiger partial charge in [-0.3, -0.25) is 14.8 Å². The van der Waals surface area contributed by atoms with Gasteiger partial charge in [0.2, 0.25) is 0 Å². The molecule has 1 saturated heterocycles. The van der Waals surface area contributed by atoms with Gasteiger partial charge in [0.15, 0.2) is 5.69 Å². The minimum atomic E-state index is -0.391. The Bertz CT molecular complexity index is 1070. The van der Waals surface area contributed by atoms with Gasteiger partial charge >= 0.3 is 0 Å². The zero-order chi connectivity index (χ0) is 21.1. The highest BCUT2D eigenvalue weighted by molar-refractivity contribution is 6.07. The van der Waals surface area contributed by atoms with E-state index >= 15 is 0 Å². The van der Waals surface area contributed by atoms with Crippen molar-refractivity contribution in [2.45, 2.75) is 25.8 Å². The molecule has 8 nitrogen and oxygen atoms in total. The molecule has 0 saturated carbocycles. The highest BCUT2D eigenvalue weighted by Crippen LogP contribution is 2.28. The number of nitrogens with zero attached hydrogens (tertiary/aromatic N) is 4. The molecule has 0 bridgehead atoms. The van der Waals surface area contributed by atoms with E-state index in [0.29, 0.717) is 22.8 Å². The molecule has 8 heteroatoms. The van der Waals surface area contributed by atoms with Crippen LogP contribution in [0.4, 0.5) is 17.1 Å². The molecular formula is C22H25N7O. The maximum absolute atomic E-state index is 13.0. The average molecular weight is 403 g/mol. The third-order valence-electron chi connectivity index (χ3n) is 5.14. The van der Waals surface area contributed by atoms with Gasteiger partial charge in [-0.15, -0.1) is 0 Å². The molecule has 0 aromatic carbocycles. The van der Waals surface area contributed by atoms with Gasteiger partial charge in [-0.25, -0.2) is 4.98 Å². The van der Waals surface area contributed by atoms with E-state index in [1.54, 1.807) is 24.5 Å². The number of anilines is 3. The second-order valence-electron chi connectivity index (χ2n) is 7.49. The molecule has 3 aromatic heterocycles. The van der Waals surface area contributed by atoms with Gasteiger partial charge in [0.1, 0.15) is 0 Å². The minimum Gasteiger partial charge on any atom is -0.397 e. The van der Waals surface area contributed by atoms with Crippen molar-refractivity contribution in [1.29, 1.82) is 0 Å². The van der Waals surface area contributed by atoms with Crippen LogP contribution in [0.25, 0.3) is 11.4 Å². The zero-order valence-corrected chi connectivity index (χ0v) is 16.9. The van der Waals surface area contributed by atoms with E-state index in [1.807, 2.05) is 31.2 Å². The Labute approximate surface area is 175 Å². The Balaban J connectivity index is 1.61. The third kappa shape index (κ3) is 4.23. The van der Waals surface area contributed by atoms with E-state index in [1.165, 1.54) is 0 Å². The fraction of sp³-hybridized carbons (Fsp3) is 0.273. The summed E-state index contributed by atoms with van der Waals surface area (Å²) in [4.78, 5) is 28.3. The molecule has 0 spiro atoms. The molecule has 1 aliphatic heterocycles. The SMILES string of the molecule is Cc1cccc(-c2ccc(N)c(C(=O)Nc3cnccc3N3CCCC(N)C3)n2)n1. The molecule has 1 amide bonds. The number of pyridine rings is 3. The number of aryl methyl sites for hydroxylation is 1. The number of hydrogen-bond acceptors (Lipinski definition) is 7. The Morgan fingerprint density at radius 2 is 2.00 bits per heavy atom. The number of amides is 1. The van der Waals surface area contributed by atoms with Crippen LogP contribution in [0.15, 0.2) is 48.8 Å². The molecule has 5 N–H and O–H groups in total. The first-order chi connectivity index (χ1) is 14.5. The molecule has 4 rings (SSSR count). The van der Waals surface area contributed by atoms with E-state index in [4.69, 9.17) is 11.5 Å². The number of piperidine rings is 1. The summed E-state index contributed by atoms with van der Waals surface area (Å²) in [5, 5.41) is 2.92. The number of carbonyl (C=O) groups excluding carboxylic acids is 1. The van der Waals surface area contributed by atoms with E-state index in [-0.39, 0.29) is 11.7 Å². The summed E-state index contributed by atoms with van der Waals surface area (Å²) in [5.41, 5.74) is 16.3. The summed E-state index contributed by atoms with van der Waals surface area (Å²) < 4.78 is 0. The van der Waals surface area contributed by atoms with Crippen molar-refractivity contribution >= 4 is 23.0 Å². The lowest BCUT2D eigenvalue weighted by molar-refractivity contribution is 0.102. The highest BCUT2D eigenvalue weighted by Gasteiger charge is 2.21. The summed E-state index contributed by atoms with van der Waals surface area (Å²) in [7, 11) is 0. The van der Waals surface area contributed by atoms with Crippen molar-refractivity contribution in [3.8, 4) is 11.4 Å². The van der Waals surface area contributed by atoms with Gasteiger partial charge in [-0.05, 0) is 50.1 Å². The Morgan fingerprint density at radius 1 is 1.17 bits per heavy atom. The number of nitrogen functional groups attached to an aromatic ring is 1. The standard InChI is InChI=1S/C22H25N7O/c1-14-4-2-6-17(26-14)18-8-7-16(24)21(27-18)22(30)28-19-12-25-10-9-20(19)29-11-3-5-15(23)13-29/h2,4,6-10,12,15H,3,5,11,13,23-24H2,1H3,(H,28,30). The molecule has 1 atom stereocenters.